The van der Waals surface area contributed by atoms with Gasteiger partial charge in [0.1, 0.15) is 5.75 Å². The zero-order chi connectivity index (χ0) is 14.6. The molecule has 21 heavy (non-hydrogen) atoms. The zero-order valence-electron chi connectivity index (χ0n) is 11.4. The Balaban J connectivity index is 0.00000220. The number of aliphatic imine (C=N–C) groups is 1. The Bertz CT molecular complexity index is 745. The van der Waals surface area contributed by atoms with E-state index in [0.717, 1.165) is 10.8 Å². The van der Waals surface area contributed by atoms with Crippen LogP contribution in [0.15, 0.2) is 41.4 Å². The molecule has 6 nitrogen and oxygen atoms in total. The third kappa shape index (κ3) is 5.39. The first-order valence-electron chi connectivity index (χ1n) is 5.78. The summed E-state index contributed by atoms with van der Waals surface area (Å²) < 4.78 is 34.7. The molecule has 106 valence electrons. The van der Waals surface area contributed by atoms with Crippen molar-refractivity contribution in [3.63, 3.8) is 0 Å². The van der Waals surface area contributed by atoms with Gasteiger partial charge in [0.25, 0.3) is 0 Å². The Hall–Kier alpha value is -0.960. The summed E-state index contributed by atoms with van der Waals surface area (Å²) in [5, 5.41) is 11.6. The van der Waals surface area contributed by atoms with Crippen LogP contribution in [0.1, 0.15) is 5.56 Å². The summed E-state index contributed by atoms with van der Waals surface area (Å²) in [6, 6.07) is 10.8. The molecule has 0 aromatic heterocycles. The third-order valence-electron chi connectivity index (χ3n) is 2.62. The van der Waals surface area contributed by atoms with Gasteiger partial charge in [-0.15, -0.1) is 0 Å². The molecule has 0 saturated heterocycles. The van der Waals surface area contributed by atoms with Gasteiger partial charge in [-0.05, 0) is 16.8 Å². The topological polar surface area (TPSA) is 99.0 Å². The predicted molar refractivity (Wildman–Crippen MR) is 73.7 cm³/mol. The number of aromatic hydroxyl groups is 1. The molecule has 0 aliphatic rings. The molecule has 8 heteroatoms. The molecule has 0 spiro atoms. The molecule has 0 unspecified atom stereocenters. The standard InChI is InChI=1S/C13H13NO5S.Na/c15-13-6-5-10-3-1-2-4-11(10)12(13)9-14-7-8-19-20(16,17)18;/h1-6,9,15H,7-8H2,(H,16,17,18);/q;+1/p-1. The Morgan fingerprint density at radius 1 is 1.24 bits per heavy atom. The van der Waals surface area contributed by atoms with E-state index in [1.807, 2.05) is 24.3 Å². The molecule has 0 atom stereocenters. The van der Waals surface area contributed by atoms with Crippen LogP contribution in [0.25, 0.3) is 10.8 Å². The summed E-state index contributed by atoms with van der Waals surface area (Å²) in [6.45, 7) is -0.321. The van der Waals surface area contributed by atoms with Gasteiger partial charge in [-0.25, -0.2) is 8.42 Å². The molecule has 0 amide bonds. The summed E-state index contributed by atoms with van der Waals surface area (Å²) in [4.78, 5) is 3.94. The van der Waals surface area contributed by atoms with E-state index >= 15 is 0 Å². The first-order chi connectivity index (χ1) is 9.47. The van der Waals surface area contributed by atoms with Gasteiger partial charge in [-0.2, -0.15) is 0 Å². The second-order valence-electron chi connectivity index (χ2n) is 3.99. The fraction of sp³-hybridized carbons (Fsp3) is 0.154. The van der Waals surface area contributed by atoms with Gasteiger partial charge in [0.05, 0.1) is 13.2 Å². The molecule has 1 N–H and O–H groups in total. The van der Waals surface area contributed by atoms with Crippen LogP contribution in [0.5, 0.6) is 5.75 Å². The minimum absolute atomic E-state index is 0. The maximum absolute atomic E-state index is 10.2. The van der Waals surface area contributed by atoms with Crippen molar-refractivity contribution < 1.29 is 51.8 Å². The molecule has 0 radical (unpaired) electrons. The second kappa shape index (κ2) is 7.88. The van der Waals surface area contributed by atoms with Gasteiger partial charge in [0.15, 0.2) is 0 Å². The number of benzene rings is 2. The number of rotatable bonds is 5. The largest absolute Gasteiger partial charge is 1.00 e. The van der Waals surface area contributed by atoms with Crippen molar-refractivity contribution in [2.75, 3.05) is 13.2 Å². The fourth-order valence-electron chi connectivity index (χ4n) is 1.77. The summed E-state index contributed by atoms with van der Waals surface area (Å²) in [5.41, 5.74) is 0.535. The van der Waals surface area contributed by atoms with Gasteiger partial charge >= 0.3 is 29.6 Å². The van der Waals surface area contributed by atoms with Gasteiger partial charge in [-0.1, -0.05) is 30.3 Å². The average molecular weight is 317 g/mol. The zero-order valence-corrected chi connectivity index (χ0v) is 14.2. The van der Waals surface area contributed by atoms with Crippen molar-refractivity contribution >= 4 is 27.4 Å². The molecule has 2 aromatic rings. The van der Waals surface area contributed by atoms with Crippen LogP contribution >= 0.6 is 0 Å². The average Bonchev–Trinajstić information content (AvgIpc) is 2.39. The van der Waals surface area contributed by atoms with E-state index in [9.17, 15) is 18.1 Å². The maximum atomic E-state index is 10.2. The van der Waals surface area contributed by atoms with Gasteiger partial charge < -0.3 is 9.66 Å². The maximum Gasteiger partial charge on any atom is 1.00 e. The molecule has 0 aliphatic carbocycles. The first-order valence-corrected chi connectivity index (χ1v) is 7.11. The van der Waals surface area contributed by atoms with Crippen molar-refractivity contribution in [1.29, 1.82) is 0 Å². The van der Waals surface area contributed by atoms with Gasteiger partial charge in [0.2, 0.25) is 10.4 Å². The number of fused-ring (bicyclic) bond motifs is 1. The predicted octanol–water partition coefficient (Wildman–Crippen LogP) is -1.55. The van der Waals surface area contributed by atoms with E-state index in [1.54, 1.807) is 12.1 Å². The second-order valence-corrected chi connectivity index (χ2v) is 5.04. The summed E-state index contributed by atoms with van der Waals surface area (Å²) in [6.07, 6.45) is 1.43. The van der Waals surface area contributed by atoms with Crippen LogP contribution < -0.4 is 29.6 Å². The van der Waals surface area contributed by atoms with Crippen molar-refractivity contribution in [1.82, 2.24) is 0 Å². The summed E-state index contributed by atoms with van der Waals surface area (Å²) in [7, 11) is -4.69. The Morgan fingerprint density at radius 3 is 2.67 bits per heavy atom. The van der Waals surface area contributed by atoms with E-state index < -0.39 is 10.4 Å². The molecule has 0 saturated carbocycles. The van der Waals surface area contributed by atoms with E-state index in [2.05, 4.69) is 9.18 Å². The molecule has 2 rings (SSSR count). The van der Waals surface area contributed by atoms with Crippen LogP contribution in [0.3, 0.4) is 0 Å². The number of phenolic OH excluding ortho intramolecular Hbond substituents is 1. The number of hydrogen-bond acceptors (Lipinski definition) is 6. The van der Waals surface area contributed by atoms with Crippen LogP contribution in [-0.2, 0) is 14.6 Å². The Kier molecular flexibility index (Phi) is 6.79. The van der Waals surface area contributed by atoms with Gasteiger partial charge in [-0.3, -0.25) is 9.18 Å². The molecule has 0 aliphatic heterocycles. The molecule has 2 aromatic carbocycles. The molecule has 0 fully saturated rings. The Morgan fingerprint density at radius 2 is 1.95 bits per heavy atom. The van der Waals surface area contributed by atoms with Crippen molar-refractivity contribution in [3.8, 4) is 5.75 Å². The normalized spacial score (nSPS) is 11.7. The van der Waals surface area contributed by atoms with Crippen molar-refractivity contribution in [3.05, 3.63) is 42.0 Å². The number of phenols is 1. The van der Waals surface area contributed by atoms with E-state index in [1.165, 1.54) is 6.21 Å². The number of hydrogen-bond donors (Lipinski definition) is 1. The summed E-state index contributed by atoms with van der Waals surface area (Å²) >= 11 is 0. The van der Waals surface area contributed by atoms with E-state index in [-0.39, 0.29) is 48.5 Å². The molecular weight excluding hydrogens is 305 g/mol. The minimum Gasteiger partial charge on any atom is -0.726 e. The fourth-order valence-corrected chi connectivity index (χ4v) is 2.05. The van der Waals surface area contributed by atoms with E-state index in [0.29, 0.717) is 5.56 Å². The summed E-state index contributed by atoms with van der Waals surface area (Å²) in [5.74, 6) is 0.0739. The number of nitrogens with zero attached hydrogens (tertiary/aromatic N) is 1. The minimum atomic E-state index is -4.69. The smallest absolute Gasteiger partial charge is 0.726 e. The quantitative estimate of drug-likeness (QED) is 0.236. The molecule has 0 heterocycles. The van der Waals surface area contributed by atoms with Crippen molar-refractivity contribution in [2.24, 2.45) is 4.99 Å². The Labute approximate surface area is 144 Å². The van der Waals surface area contributed by atoms with Crippen LogP contribution in [0.4, 0.5) is 0 Å². The third-order valence-corrected chi connectivity index (χ3v) is 3.07. The van der Waals surface area contributed by atoms with Crippen LogP contribution in [0.2, 0.25) is 0 Å². The van der Waals surface area contributed by atoms with Gasteiger partial charge in [0, 0.05) is 11.8 Å². The van der Waals surface area contributed by atoms with Crippen LogP contribution in [-0.4, -0.2) is 37.4 Å². The van der Waals surface area contributed by atoms with E-state index in [4.69, 9.17) is 0 Å². The molecule has 0 bridgehead atoms. The monoisotopic (exact) mass is 317 g/mol. The van der Waals surface area contributed by atoms with Crippen molar-refractivity contribution in [2.45, 2.75) is 0 Å². The molecular formula is C13H12NNaO5S. The SMILES string of the molecule is O=S(=O)([O-])OCCN=Cc1c(O)ccc2ccccc12.[Na+]. The van der Waals surface area contributed by atoms with Crippen LogP contribution in [0, 0.1) is 0 Å². The first kappa shape index (κ1) is 18.1.